The molecule has 5 aliphatic rings. The molecular formula is C30H42O2. The number of rotatable bonds is 0. The van der Waals surface area contributed by atoms with E-state index in [1.165, 1.54) is 44.1 Å². The second-order valence-corrected chi connectivity index (χ2v) is 13.8. The highest BCUT2D eigenvalue weighted by atomic mass is 16.3. The first-order valence-electron chi connectivity index (χ1n) is 12.7. The zero-order valence-corrected chi connectivity index (χ0v) is 21.5. The Labute approximate surface area is 194 Å². The molecule has 0 heterocycles. The lowest BCUT2D eigenvalue weighted by Crippen LogP contribution is -2.66. The van der Waals surface area contributed by atoms with Crippen LogP contribution in [0.3, 0.4) is 0 Å². The summed E-state index contributed by atoms with van der Waals surface area (Å²) in [5, 5.41) is 10.3. The third-order valence-electron chi connectivity index (χ3n) is 12.0. The molecule has 0 bridgehead atoms. The number of allylic oxidation sites excluding steroid dienone is 7. The minimum atomic E-state index is -0.229. The molecule has 0 spiro atoms. The smallest absolute Gasteiger partial charge is 0.220 e. The summed E-state index contributed by atoms with van der Waals surface area (Å²) in [6, 6.07) is 0. The van der Waals surface area contributed by atoms with Crippen molar-refractivity contribution in [1.29, 1.82) is 0 Å². The molecule has 5 atom stereocenters. The maximum absolute atomic E-state index is 12.6. The van der Waals surface area contributed by atoms with Crippen molar-refractivity contribution in [3.8, 4) is 0 Å². The van der Waals surface area contributed by atoms with Crippen molar-refractivity contribution in [2.24, 2.45) is 32.5 Å². The van der Waals surface area contributed by atoms with Crippen LogP contribution in [0, 0.1) is 32.5 Å². The van der Waals surface area contributed by atoms with Crippen molar-refractivity contribution >= 4 is 5.78 Å². The van der Waals surface area contributed by atoms with Gasteiger partial charge in [0.1, 0.15) is 0 Å². The first-order valence-corrected chi connectivity index (χ1v) is 12.7. The van der Waals surface area contributed by atoms with Gasteiger partial charge in [-0.3, -0.25) is 4.79 Å². The number of fused-ring (bicyclic) bond motifs is 7. The van der Waals surface area contributed by atoms with Crippen LogP contribution >= 0.6 is 0 Å². The van der Waals surface area contributed by atoms with Crippen LogP contribution in [0.5, 0.6) is 0 Å². The SMILES string of the molecule is CC1=C(O)C(=O)C=C2C1=CC=C1[C@@]2(C)CCC2(C)[C@]3(C)CC(C)(C)CC[C@]3(C)CC[C@]12C. The molecule has 0 aliphatic heterocycles. The molecule has 174 valence electrons. The molecule has 0 saturated heterocycles. The monoisotopic (exact) mass is 434 g/mol. The molecule has 0 aromatic rings. The summed E-state index contributed by atoms with van der Waals surface area (Å²) in [7, 11) is 0. The van der Waals surface area contributed by atoms with Crippen molar-refractivity contribution in [2.45, 2.75) is 100 Å². The predicted molar refractivity (Wildman–Crippen MR) is 131 cm³/mol. The summed E-state index contributed by atoms with van der Waals surface area (Å²) < 4.78 is 0. The van der Waals surface area contributed by atoms with Crippen molar-refractivity contribution in [3.63, 3.8) is 0 Å². The Morgan fingerprint density at radius 3 is 2.16 bits per heavy atom. The molecule has 5 aliphatic carbocycles. The van der Waals surface area contributed by atoms with Gasteiger partial charge >= 0.3 is 0 Å². The van der Waals surface area contributed by atoms with Crippen LogP contribution in [0.2, 0.25) is 0 Å². The highest BCUT2D eigenvalue weighted by molar-refractivity contribution is 6.06. The Hall–Kier alpha value is -1.57. The minimum absolute atomic E-state index is 0.0855. The number of hydrogen-bond donors (Lipinski definition) is 1. The second kappa shape index (κ2) is 6.10. The van der Waals surface area contributed by atoms with Gasteiger partial charge in [0.05, 0.1) is 0 Å². The third-order valence-corrected chi connectivity index (χ3v) is 12.0. The minimum Gasteiger partial charge on any atom is -0.504 e. The van der Waals surface area contributed by atoms with E-state index in [-0.39, 0.29) is 33.2 Å². The molecule has 0 aromatic carbocycles. The van der Waals surface area contributed by atoms with E-state index in [9.17, 15) is 9.90 Å². The van der Waals surface area contributed by atoms with E-state index in [1.54, 1.807) is 6.08 Å². The Bertz CT molecular complexity index is 1050. The van der Waals surface area contributed by atoms with E-state index >= 15 is 0 Å². The van der Waals surface area contributed by atoms with Crippen LogP contribution < -0.4 is 0 Å². The zero-order chi connectivity index (χ0) is 23.5. The van der Waals surface area contributed by atoms with Gasteiger partial charge in [0.2, 0.25) is 5.78 Å². The largest absolute Gasteiger partial charge is 0.504 e. The molecule has 0 radical (unpaired) electrons. The predicted octanol–water partition coefficient (Wildman–Crippen LogP) is 8.02. The summed E-state index contributed by atoms with van der Waals surface area (Å²) in [5.74, 6) is -0.314. The Kier molecular flexibility index (Phi) is 4.24. The molecule has 32 heavy (non-hydrogen) atoms. The van der Waals surface area contributed by atoms with Crippen molar-refractivity contribution in [1.82, 2.24) is 0 Å². The number of carbonyl (C=O) groups is 1. The van der Waals surface area contributed by atoms with E-state index in [4.69, 9.17) is 0 Å². The van der Waals surface area contributed by atoms with E-state index in [2.05, 4.69) is 60.6 Å². The lowest BCUT2D eigenvalue weighted by Gasteiger charge is -2.74. The number of aliphatic hydroxyl groups is 1. The zero-order valence-electron chi connectivity index (χ0n) is 21.5. The first kappa shape index (κ1) is 22.2. The molecule has 0 aromatic heterocycles. The van der Waals surface area contributed by atoms with Gasteiger partial charge in [-0.15, -0.1) is 0 Å². The maximum Gasteiger partial charge on any atom is 0.220 e. The number of carbonyl (C=O) groups excluding carboxylic acids is 1. The lowest BCUT2D eigenvalue weighted by atomic mass is 9.29. The summed E-state index contributed by atoms with van der Waals surface area (Å²) in [6.07, 6.45) is 15.1. The average Bonchev–Trinajstić information content (AvgIpc) is 2.71. The van der Waals surface area contributed by atoms with Gasteiger partial charge in [0.25, 0.3) is 0 Å². The lowest BCUT2D eigenvalue weighted by molar-refractivity contribution is -0.222. The van der Waals surface area contributed by atoms with Crippen molar-refractivity contribution < 1.29 is 9.90 Å². The molecule has 1 N–H and O–H groups in total. The second-order valence-electron chi connectivity index (χ2n) is 13.8. The first-order chi connectivity index (χ1) is 14.6. The quantitative estimate of drug-likeness (QED) is 0.419. The van der Waals surface area contributed by atoms with Crippen LogP contribution in [-0.4, -0.2) is 10.9 Å². The van der Waals surface area contributed by atoms with Crippen LogP contribution in [0.15, 0.2) is 46.3 Å². The van der Waals surface area contributed by atoms with E-state index in [1.807, 2.05) is 6.92 Å². The van der Waals surface area contributed by atoms with E-state index in [0.717, 1.165) is 23.1 Å². The fourth-order valence-electron chi connectivity index (χ4n) is 9.33. The Morgan fingerprint density at radius 1 is 0.812 bits per heavy atom. The van der Waals surface area contributed by atoms with Gasteiger partial charge in [0, 0.05) is 11.0 Å². The van der Waals surface area contributed by atoms with E-state index in [0.29, 0.717) is 10.8 Å². The Balaban J connectivity index is 1.69. The number of aliphatic hydroxyl groups excluding tert-OH is 1. The summed E-state index contributed by atoms with van der Waals surface area (Å²) in [6.45, 7) is 19.6. The van der Waals surface area contributed by atoms with Gasteiger partial charge in [-0.1, -0.05) is 66.2 Å². The highest BCUT2D eigenvalue weighted by Gasteiger charge is 2.71. The fourth-order valence-corrected chi connectivity index (χ4v) is 9.33. The van der Waals surface area contributed by atoms with Crippen molar-refractivity contribution in [2.75, 3.05) is 0 Å². The summed E-state index contributed by atoms with van der Waals surface area (Å²) in [5.41, 5.74) is 5.72. The van der Waals surface area contributed by atoms with Gasteiger partial charge in [0.15, 0.2) is 5.76 Å². The topological polar surface area (TPSA) is 37.3 Å². The molecule has 3 fully saturated rings. The standard InChI is InChI=1S/C30H42O2/c1-19-20-9-10-23-27(5,21(20)17-22(31)24(19)32)14-16-29(7)28(23,6)15-13-26(4)12-11-25(2,3)18-30(26,29)8/h9-10,17,32H,11-16,18H2,1-8H3/t26-,27+,28-,29?,30-/m1/s1. The van der Waals surface area contributed by atoms with Gasteiger partial charge in [-0.25, -0.2) is 0 Å². The van der Waals surface area contributed by atoms with E-state index < -0.39 is 0 Å². The Morgan fingerprint density at radius 2 is 1.47 bits per heavy atom. The molecule has 2 heteroatoms. The van der Waals surface area contributed by atoms with Crippen LogP contribution in [0.25, 0.3) is 0 Å². The number of hydrogen-bond acceptors (Lipinski definition) is 2. The summed E-state index contributed by atoms with van der Waals surface area (Å²) >= 11 is 0. The molecule has 5 rings (SSSR count). The molecule has 0 amide bonds. The van der Waals surface area contributed by atoms with Crippen molar-refractivity contribution in [3.05, 3.63) is 46.3 Å². The maximum atomic E-state index is 12.6. The van der Waals surface area contributed by atoms with Crippen LogP contribution in [-0.2, 0) is 4.79 Å². The fraction of sp³-hybridized carbons (Fsp3) is 0.700. The summed E-state index contributed by atoms with van der Waals surface area (Å²) in [4.78, 5) is 12.6. The molecular weight excluding hydrogens is 392 g/mol. The molecule has 3 saturated carbocycles. The molecule has 1 unspecified atom stereocenters. The highest BCUT2D eigenvalue weighted by Crippen LogP contribution is 2.79. The van der Waals surface area contributed by atoms with Crippen LogP contribution in [0.1, 0.15) is 100 Å². The third kappa shape index (κ3) is 2.35. The average molecular weight is 435 g/mol. The van der Waals surface area contributed by atoms with Crippen LogP contribution in [0.4, 0.5) is 0 Å². The van der Waals surface area contributed by atoms with Gasteiger partial charge < -0.3 is 5.11 Å². The van der Waals surface area contributed by atoms with Gasteiger partial charge in [-0.05, 0) is 96.2 Å². The van der Waals surface area contributed by atoms with Gasteiger partial charge in [-0.2, -0.15) is 0 Å². The normalized spacial score (nSPS) is 47.4. The number of ketones is 1. The molecule has 2 nitrogen and oxygen atoms in total.